The largest absolute Gasteiger partial charge is 0.497 e. The third-order valence-corrected chi connectivity index (χ3v) is 14.3. The number of rotatable bonds is 13. The molecule has 5 rings (SSSR count). The van der Waals surface area contributed by atoms with Crippen LogP contribution < -0.4 is 4.74 Å². The topological polar surface area (TPSA) is 69.7 Å². The summed E-state index contributed by atoms with van der Waals surface area (Å²) in [5.74, 6) is -32.6. The van der Waals surface area contributed by atoms with Gasteiger partial charge in [0.05, 0.1) is 12.7 Å². The fraction of sp³-hybridized carbons (Fsp3) is 0.139. The number of ether oxygens (including phenoxy) is 1. The van der Waals surface area contributed by atoms with Gasteiger partial charge in [0.15, 0.2) is 29.1 Å². The number of benzene rings is 5. The summed E-state index contributed by atoms with van der Waals surface area (Å²) < 4.78 is 252. The van der Waals surface area contributed by atoms with E-state index in [0.717, 1.165) is 49.6 Å². The van der Waals surface area contributed by atoms with Crippen LogP contribution in [0.1, 0.15) is 15.9 Å². The first kappa shape index (κ1) is 45.2. The summed E-state index contributed by atoms with van der Waals surface area (Å²) in [5.41, 5.74) is -0.371. The van der Waals surface area contributed by atoms with Gasteiger partial charge in [-0.25, -0.2) is 30.0 Å². The van der Waals surface area contributed by atoms with Crippen LogP contribution in [0.2, 0.25) is 0 Å². The Kier molecular flexibility index (Phi) is 12.2. The lowest BCUT2D eigenvalue weighted by molar-refractivity contribution is -0.382. The third-order valence-electron chi connectivity index (χ3n) is 8.08. The van der Waals surface area contributed by atoms with Crippen molar-refractivity contribution in [1.29, 1.82) is 0 Å². The molecule has 0 aliphatic rings. The van der Waals surface area contributed by atoms with Gasteiger partial charge in [0, 0.05) is 25.1 Å². The Labute approximate surface area is 328 Å². The van der Waals surface area contributed by atoms with E-state index in [-0.39, 0.29) is 21.1 Å². The molecule has 0 saturated heterocycles. The first-order valence-electron chi connectivity index (χ1n) is 15.6. The molecular weight excluding hydrogens is 894 g/mol. The Morgan fingerprint density at radius 3 is 1.56 bits per heavy atom. The van der Waals surface area contributed by atoms with Crippen LogP contribution in [0, 0.1) is 34.9 Å². The number of halogens is 15. The minimum Gasteiger partial charge on any atom is -0.497 e. The first-order valence-corrected chi connectivity index (χ1v) is 19.4. The van der Waals surface area contributed by atoms with Gasteiger partial charge in [-0.2, -0.15) is 47.9 Å². The van der Waals surface area contributed by atoms with E-state index < -0.39 is 105 Å². The van der Waals surface area contributed by atoms with Crippen LogP contribution in [-0.4, -0.2) is 44.6 Å². The molecule has 0 saturated carbocycles. The van der Waals surface area contributed by atoms with Gasteiger partial charge in [0.1, 0.15) is 16.5 Å². The van der Waals surface area contributed by atoms with Gasteiger partial charge in [-0.3, -0.25) is 4.79 Å². The van der Waals surface area contributed by atoms with Crippen molar-refractivity contribution >= 4 is 38.0 Å². The lowest BCUT2D eigenvalue weighted by atomic mass is 10.0. The predicted molar refractivity (Wildman–Crippen MR) is 179 cm³/mol. The summed E-state index contributed by atoms with van der Waals surface area (Å²) in [6, 6.07) is 15.6. The highest BCUT2D eigenvalue weighted by atomic mass is 32.3. The molecule has 5 aromatic carbocycles. The fourth-order valence-corrected chi connectivity index (χ4v) is 11.2. The van der Waals surface area contributed by atoms with Gasteiger partial charge < -0.3 is 4.74 Å². The van der Waals surface area contributed by atoms with Crippen molar-refractivity contribution in [2.75, 3.05) is 7.11 Å². The van der Waals surface area contributed by atoms with Gasteiger partial charge in [0.2, 0.25) is 5.82 Å². The highest BCUT2D eigenvalue weighted by Crippen LogP contribution is 2.73. The van der Waals surface area contributed by atoms with Gasteiger partial charge in [-0.15, -0.1) is 0 Å². The Morgan fingerprint density at radius 1 is 0.593 bits per heavy atom. The van der Waals surface area contributed by atoms with Crippen LogP contribution >= 0.6 is 22.1 Å². The number of hydrogen-bond donors (Lipinski definition) is 0. The van der Waals surface area contributed by atoms with Crippen molar-refractivity contribution in [2.45, 2.75) is 47.8 Å². The van der Waals surface area contributed by atoms with E-state index in [4.69, 9.17) is 4.74 Å². The van der Waals surface area contributed by atoms with E-state index >= 15 is 17.6 Å². The molecule has 0 aliphatic carbocycles. The summed E-state index contributed by atoms with van der Waals surface area (Å²) in [6.07, 6.45) is -7.57. The van der Waals surface area contributed by atoms with E-state index in [1.807, 2.05) is 0 Å². The molecule has 0 spiro atoms. The van der Waals surface area contributed by atoms with Crippen molar-refractivity contribution in [3.05, 3.63) is 143 Å². The zero-order valence-electron chi connectivity index (χ0n) is 28.7. The SMILES string of the molecule is COc1ccc(S(OS(=O)(=O)C(F)(F)C(F)(F)C(F)(F)C(F)(F)F)(c2ccc(Sc3ccc(F)c(C(=O)c4ccccc4)c3)cc2)c2c(F)c(F)c(F)c(F)c2F)cc1. The average Bonchev–Trinajstić information content (AvgIpc) is 3.19. The normalized spacial score (nSPS) is 14.4. The fourth-order valence-electron chi connectivity index (χ4n) is 5.11. The molecular formula is C36H19F15O5S3. The second-order valence-electron chi connectivity index (χ2n) is 11.7. The molecule has 0 heterocycles. The van der Waals surface area contributed by atoms with Gasteiger partial charge in [-0.05, 0) is 77.0 Å². The molecule has 0 amide bonds. The lowest BCUT2D eigenvalue weighted by Crippen LogP contribution is -2.63. The van der Waals surface area contributed by atoms with E-state index in [0.29, 0.717) is 36.0 Å². The smallest absolute Gasteiger partial charge is 0.460 e. The van der Waals surface area contributed by atoms with Gasteiger partial charge in [0.25, 0.3) is 0 Å². The Balaban J connectivity index is 1.77. The molecule has 5 nitrogen and oxygen atoms in total. The molecule has 316 valence electrons. The first-order chi connectivity index (χ1) is 27.3. The highest BCUT2D eigenvalue weighted by molar-refractivity contribution is 8.33. The maximum absolute atomic E-state index is 15.8. The van der Waals surface area contributed by atoms with Crippen LogP contribution in [0.25, 0.3) is 0 Å². The van der Waals surface area contributed by atoms with Crippen LogP contribution in [0.3, 0.4) is 0 Å². The Bertz CT molecular complexity index is 2470. The monoisotopic (exact) mass is 912 g/mol. The number of methoxy groups -OCH3 is 1. The molecule has 0 radical (unpaired) electrons. The molecule has 0 aromatic heterocycles. The van der Waals surface area contributed by atoms with Crippen LogP contribution in [0.5, 0.6) is 5.75 Å². The van der Waals surface area contributed by atoms with Gasteiger partial charge >= 0.3 is 33.4 Å². The predicted octanol–water partition coefficient (Wildman–Crippen LogP) is 11.9. The minimum atomic E-state index is -8.15. The molecule has 23 heteroatoms. The van der Waals surface area contributed by atoms with Crippen LogP contribution in [-0.2, 0) is 13.7 Å². The Hall–Kier alpha value is -4.87. The molecule has 0 bridgehead atoms. The maximum Gasteiger partial charge on any atom is 0.460 e. The molecule has 0 aliphatic heterocycles. The molecule has 1 atom stereocenters. The van der Waals surface area contributed by atoms with Crippen molar-refractivity contribution in [3.8, 4) is 5.75 Å². The molecule has 0 fully saturated rings. The van der Waals surface area contributed by atoms with Crippen LogP contribution in [0.15, 0.2) is 122 Å². The molecule has 1 unspecified atom stereocenters. The second-order valence-corrected chi connectivity index (χ2v) is 17.3. The van der Waals surface area contributed by atoms with E-state index in [9.17, 15) is 61.5 Å². The number of carbonyl (C=O) groups excluding carboxylic acids is 1. The summed E-state index contributed by atoms with van der Waals surface area (Å²) in [4.78, 5) is 8.07. The van der Waals surface area contributed by atoms with Crippen molar-refractivity contribution in [3.63, 3.8) is 0 Å². The van der Waals surface area contributed by atoms with Gasteiger partial charge in [-0.1, -0.05) is 42.1 Å². The maximum atomic E-state index is 15.8. The van der Waals surface area contributed by atoms with Crippen molar-refractivity contribution < 1.29 is 87.4 Å². The second kappa shape index (κ2) is 16.0. The molecule has 59 heavy (non-hydrogen) atoms. The summed E-state index contributed by atoms with van der Waals surface area (Å²) >= 11 is 0.666. The van der Waals surface area contributed by atoms with Crippen LogP contribution in [0.4, 0.5) is 65.9 Å². The molecule has 0 N–H and O–H groups in total. The standard InChI is InChI=1S/C36H19F15O5S3/c1-55-19-7-12-22(13-8-19)58(32-29(41)27(39)26(38)28(40)30(32)42,56-59(53,54)36(50,51)34(45,46)33(43,44)35(47,48)49)23-14-9-20(10-15-23)57-21-11-16-25(37)24(17-21)31(52)18-5-3-2-4-6-18/h2-17H,1H3. The Morgan fingerprint density at radius 2 is 1.07 bits per heavy atom. The van der Waals surface area contributed by atoms with E-state index in [1.165, 1.54) is 24.3 Å². The quantitative estimate of drug-likeness (QED) is 0.0507. The summed E-state index contributed by atoms with van der Waals surface area (Å²) in [6.45, 7) is 0. The summed E-state index contributed by atoms with van der Waals surface area (Å²) in [7, 11) is -12.9. The lowest BCUT2D eigenvalue weighted by Gasteiger charge is -2.41. The number of hydrogen-bond acceptors (Lipinski definition) is 6. The third kappa shape index (κ3) is 7.72. The number of carbonyl (C=O) groups is 1. The van der Waals surface area contributed by atoms with E-state index in [1.54, 1.807) is 6.07 Å². The zero-order valence-corrected chi connectivity index (χ0v) is 31.1. The van der Waals surface area contributed by atoms with Crippen molar-refractivity contribution in [2.24, 2.45) is 0 Å². The zero-order chi connectivity index (χ0) is 44.1. The van der Waals surface area contributed by atoms with E-state index in [2.05, 4.69) is 3.63 Å². The number of alkyl halides is 9. The summed E-state index contributed by atoms with van der Waals surface area (Å²) in [5, 5.41) is -7.68. The number of ketones is 1. The molecule has 5 aromatic rings. The van der Waals surface area contributed by atoms with Crippen molar-refractivity contribution in [1.82, 2.24) is 0 Å². The minimum absolute atomic E-state index is 0.0663. The average molecular weight is 913 g/mol. The highest BCUT2D eigenvalue weighted by Gasteiger charge is 2.86.